The lowest BCUT2D eigenvalue weighted by Crippen LogP contribution is -2.49. The predicted octanol–water partition coefficient (Wildman–Crippen LogP) is 2.82. The lowest BCUT2D eigenvalue weighted by molar-refractivity contribution is -0.114. The third kappa shape index (κ3) is 2.62. The van der Waals surface area contributed by atoms with E-state index in [2.05, 4.69) is 17.4 Å². The first-order chi connectivity index (χ1) is 10.3. The van der Waals surface area contributed by atoms with Crippen LogP contribution in [0.25, 0.3) is 0 Å². The van der Waals surface area contributed by atoms with E-state index in [1.54, 1.807) is 0 Å². The van der Waals surface area contributed by atoms with Gasteiger partial charge in [-0.2, -0.15) is 0 Å². The van der Waals surface area contributed by atoms with Crippen LogP contribution in [0.5, 0.6) is 11.5 Å². The van der Waals surface area contributed by atoms with Crippen molar-refractivity contribution in [2.75, 3.05) is 26.3 Å². The van der Waals surface area contributed by atoms with Crippen molar-refractivity contribution in [2.24, 2.45) is 0 Å². The minimum Gasteiger partial charge on any atom is -0.490 e. The van der Waals surface area contributed by atoms with Crippen LogP contribution < -0.4 is 14.8 Å². The Morgan fingerprint density at radius 3 is 2.67 bits per heavy atom. The van der Waals surface area contributed by atoms with Crippen LogP contribution in [0, 0.1) is 0 Å². The van der Waals surface area contributed by atoms with Crippen LogP contribution in [0.4, 0.5) is 0 Å². The number of fused-ring (bicyclic) bond motifs is 1. The van der Waals surface area contributed by atoms with E-state index in [1.165, 1.54) is 31.2 Å². The maximum atomic E-state index is 6.48. The molecule has 0 radical (unpaired) electrons. The standard InChI is InChI=1S/C17H23NO3/c1-2-7-17(6-1)12-18-11-16(21-17)13-4-5-14-15(10-13)20-9-3-8-19-14/h4-5,10,16,18H,1-3,6-9,11-12H2. The van der Waals surface area contributed by atoms with Crippen LogP contribution in [-0.2, 0) is 4.74 Å². The van der Waals surface area contributed by atoms with Gasteiger partial charge in [-0.05, 0) is 30.5 Å². The van der Waals surface area contributed by atoms with Gasteiger partial charge in [0.15, 0.2) is 11.5 Å². The summed E-state index contributed by atoms with van der Waals surface area (Å²) in [6, 6.07) is 6.24. The molecule has 1 aromatic rings. The SMILES string of the molecule is c1cc2c(cc1C1CNCC3(CCCC3)O1)OCCCO2. The summed E-state index contributed by atoms with van der Waals surface area (Å²) in [6.45, 7) is 3.33. The molecule has 2 heterocycles. The Morgan fingerprint density at radius 2 is 1.81 bits per heavy atom. The Kier molecular flexibility index (Phi) is 3.51. The molecule has 1 saturated carbocycles. The second kappa shape index (κ2) is 5.50. The Labute approximate surface area is 125 Å². The number of rotatable bonds is 1. The van der Waals surface area contributed by atoms with Gasteiger partial charge in [-0.15, -0.1) is 0 Å². The monoisotopic (exact) mass is 289 g/mol. The molecular formula is C17H23NO3. The summed E-state index contributed by atoms with van der Waals surface area (Å²) in [4.78, 5) is 0. The van der Waals surface area contributed by atoms with Crippen molar-refractivity contribution in [3.05, 3.63) is 23.8 Å². The third-order valence-corrected chi connectivity index (χ3v) is 4.83. The zero-order chi connectivity index (χ0) is 14.1. The molecule has 4 nitrogen and oxygen atoms in total. The normalized spacial score (nSPS) is 27.5. The smallest absolute Gasteiger partial charge is 0.161 e. The Balaban J connectivity index is 1.56. The molecule has 0 amide bonds. The summed E-state index contributed by atoms with van der Waals surface area (Å²) in [5.74, 6) is 1.72. The first-order valence-corrected chi connectivity index (χ1v) is 8.13. The molecule has 2 fully saturated rings. The van der Waals surface area contributed by atoms with E-state index < -0.39 is 0 Å². The van der Waals surface area contributed by atoms with Crippen molar-refractivity contribution in [3.8, 4) is 11.5 Å². The average molecular weight is 289 g/mol. The Bertz CT molecular complexity index is 511. The first kappa shape index (κ1) is 13.4. The van der Waals surface area contributed by atoms with Gasteiger partial charge in [-0.3, -0.25) is 0 Å². The number of morpholine rings is 1. The number of ether oxygens (including phenoxy) is 3. The maximum absolute atomic E-state index is 6.48. The van der Waals surface area contributed by atoms with E-state index in [0.29, 0.717) is 0 Å². The minimum absolute atomic E-state index is 0.0626. The Morgan fingerprint density at radius 1 is 1.00 bits per heavy atom. The molecule has 4 rings (SSSR count). The molecule has 4 heteroatoms. The van der Waals surface area contributed by atoms with Gasteiger partial charge in [-0.1, -0.05) is 18.9 Å². The van der Waals surface area contributed by atoms with E-state index in [-0.39, 0.29) is 11.7 Å². The summed E-state index contributed by atoms with van der Waals surface area (Å²) in [5, 5.41) is 3.56. The summed E-state index contributed by atoms with van der Waals surface area (Å²) in [5.41, 5.74) is 1.25. The summed E-state index contributed by atoms with van der Waals surface area (Å²) in [6.07, 6.45) is 6.00. The molecule has 114 valence electrons. The van der Waals surface area contributed by atoms with E-state index in [0.717, 1.165) is 44.2 Å². The summed E-state index contributed by atoms with van der Waals surface area (Å²) >= 11 is 0. The van der Waals surface area contributed by atoms with Gasteiger partial charge in [0.2, 0.25) is 0 Å². The molecule has 1 aliphatic carbocycles. The number of nitrogens with one attached hydrogen (secondary N) is 1. The van der Waals surface area contributed by atoms with E-state index in [1.807, 2.05) is 6.07 Å². The molecule has 2 aliphatic heterocycles. The van der Waals surface area contributed by atoms with Crippen LogP contribution in [-0.4, -0.2) is 31.9 Å². The summed E-state index contributed by atoms with van der Waals surface area (Å²) in [7, 11) is 0. The third-order valence-electron chi connectivity index (χ3n) is 4.83. The molecular weight excluding hydrogens is 266 g/mol. The van der Waals surface area contributed by atoms with Crippen LogP contribution >= 0.6 is 0 Å². The summed E-state index contributed by atoms with van der Waals surface area (Å²) < 4.78 is 18.0. The first-order valence-electron chi connectivity index (χ1n) is 8.13. The highest BCUT2D eigenvalue weighted by atomic mass is 16.5. The zero-order valence-corrected chi connectivity index (χ0v) is 12.4. The number of hydrogen-bond acceptors (Lipinski definition) is 4. The lowest BCUT2D eigenvalue weighted by Gasteiger charge is -2.39. The molecule has 3 aliphatic rings. The molecule has 21 heavy (non-hydrogen) atoms. The quantitative estimate of drug-likeness (QED) is 0.863. The van der Waals surface area contributed by atoms with Crippen molar-refractivity contribution >= 4 is 0 Å². The van der Waals surface area contributed by atoms with Crippen molar-refractivity contribution in [3.63, 3.8) is 0 Å². The Hall–Kier alpha value is -1.26. The predicted molar refractivity (Wildman–Crippen MR) is 79.9 cm³/mol. The van der Waals surface area contributed by atoms with Crippen LogP contribution in [0.2, 0.25) is 0 Å². The fourth-order valence-corrected chi connectivity index (χ4v) is 3.70. The zero-order valence-electron chi connectivity index (χ0n) is 12.4. The van der Waals surface area contributed by atoms with Crippen molar-refractivity contribution in [1.29, 1.82) is 0 Å². The molecule has 1 saturated heterocycles. The molecule has 1 atom stereocenters. The highest BCUT2D eigenvalue weighted by molar-refractivity contribution is 5.44. The fraction of sp³-hybridized carbons (Fsp3) is 0.647. The number of hydrogen-bond donors (Lipinski definition) is 1. The van der Waals surface area contributed by atoms with Crippen LogP contribution in [0.1, 0.15) is 43.8 Å². The van der Waals surface area contributed by atoms with Crippen LogP contribution in [0.15, 0.2) is 18.2 Å². The van der Waals surface area contributed by atoms with E-state index >= 15 is 0 Å². The van der Waals surface area contributed by atoms with Crippen molar-refractivity contribution in [2.45, 2.75) is 43.8 Å². The topological polar surface area (TPSA) is 39.7 Å². The van der Waals surface area contributed by atoms with Gasteiger partial charge in [0, 0.05) is 19.5 Å². The van der Waals surface area contributed by atoms with Gasteiger partial charge in [0.25, 0.3) is 0 Å². The average Bonchev–Trinajstić information content (AvgIpc) is 2.83. The molecule has 1 N–H and O–H groups in total. The fourth-order valence-electron chi connectivity index (χ4n) is 3.70. The van der Waals surface area contributed by atoms with Crippen LogP contribution in [0.3, 0.4) is 0 Å². The van der Waals surface area contributed by atoms with Gasteiger partial charge in [0.1, 0.15) is 0 Å². The lowest BCUT2D eigenvalue weighted by atomic mass is 9.97. The molecule has 1 aromatic carbocycles. The molecule has 1 spiro atoms. The number of benzene rings is 1. The largest absolute Gasteiger partial charge is 0.490 e. The van der Waals surface area contributed by atoms with Gasteiger partial charge in [-0.25, -0.2) is 0 Å². The maximum Gasteiger partial charge on any atom is 0.161 e. The van der Waals surface area contributed by atoms with Gasteiger partial charge < -0.3 is 19.5 Å². The minimum atomic E-state index is 0.0626. The second-order valence-corrected chi connectivity index (χ2v) is 6.38. The molecule has 1 unspecified atom stereocenters. The second-order valence-electron chi connectivity index (χ2n) is 6.38. The molecule has 0 bridgehead atoms. The van der Waals surface area contributed by atoms with Crippen molar-refractivity contribution < 1.29 is 14.2 Å². The molecule has 0 aromatic heterocycles. The van der Waals surface area contributed by atoms with Crippen molar-refractivity contribution in [1.82, 2.24) is 5.32 Å². The highest BCUT2D eigenvalue weighted by Gasteiger charge is 2.40. The van der Waals surface area contributed by atoms with E-state index in [9.17, 15) is 0 Å². The van der Waals surface area contributed by atoms with Gasteiger partial charge >= 0.3 is 0 Å². The van der Waals surface area contributed by atoms with Gasteiger partial charge in [0.05, 0.1) is 24.9 Å². The van der Waals surface area contributed by atoms with E-state index in [4.69, 9.17) is 14.2 Å². The highest BCUT2D eigenvalue weighted by Crippen LogP contribution is 2.40.